The van der Waals surface area contributed by atoms with Gasteiger partial charge in [0, 0.05) is 25.4 Å². The molecule has 2 atom stereocenters. The third-order valence-corrected chi connectivity index (χ3v) is 4.24. The minimum atomic E-state index is -0.815. The van der Waals surface area contributed by atoms with Crippen LogP contribution >= 0.6 is 0 Å². The van der Waals surface area contributed by atoms with Gasteiger partial charge in [0.25, 0.3) is 0 Å². The van der Waals surface area contributed by atoms with E-state index in [0.717, 1.165) is 25.7 Å². The highest BCUT2D eigenvalue weighted by Crippen LogP contribution is 2.33. The Morgan fingerprint density at radius 1 is 1.29 bits per heavy atom. The van der Waals surface area contributed by atoms with Crippen LogP contribution in [0.25, 0.3) is 0 Å². The van der Waals surface area contributed by atoms with Gasteiger partial charge in [-0.3, -0.25) is 14.4 Å². The van der Waals surface area contributed by atoms with E-state index in [-0.39, 0.29) is 36.1 Å². The molecular weight excluding hydrogens is 272 g/mol. The molecule has 1 heterocycles. The first kappa shape index (κ1) is 15.8. The molecule has 1 saturated heterocycles. The molecule has 1 saturated carbocycles. The Morgan fingerprint density at radius 2 is 2.00 bits per heavy atom. The van der Waals surface area contributed by atoms with Crippen molar-refractivity contribution in [3.05, 3.63) is 0 Å². The lowest BCUT2D eigenvalue weighted by Gasteiger charge is -2.24. The van der Waals surface area contributed by atoms with Crippen molar-refractivity contribution in [1.29, 1.82) is 0 Å². The van der Waals surface area contributed by atoms with Gasteiger partial charge in [0.2, 0.25) is 11.8 Å². The number of nitrogens with zero attached hydrogens (tertiary/aromatic N) is 1. The lowest BCUT2D eigenvalue weighted by Crippen LogP contribution is -2.47. The summed E-state index contributed by atoms with van der Waals surface area (Å²) in [6, 6.07) is -0.329. The second-order valence-corrected chi connectivity index (χ2v) is 6.25. The highest BCUT2D eigenvalue weighted by molar-refractivity contribution is 5.89. The maximum absolute atomic E-state index is 12.2. The number of amides is 2. The number of aliphatic carboxylic acids is 1. The fourth-order valence-electron chi connectivity index (χ4n) is 2.73. The van der Waals surface area contributed by atoms with Crippen molar-refractivity contribution in [1.82, 2.24) is 10.2 Å². The van der Waals surface area contributed by atoms with Crippen LogP contribution in [-0.4, -0.2) is 46.9 Å². The smallest absolute Gasteiger partial charge is 0.303 e. The molecule has 21 heavy (non-hydrogen) atoms. The second kappa shape index (κ2) is 6.91. The zero-order valence-corrected chi connectivity index (χ0v) is 12.5. The summed E-state index contributed by atoms with van der Waals surface area (Å²) in [5, 5.41) is 11.5. The maximum Gasteiger partial charge on any atom is 0.303 e. The number of hydrogen-bond donors (Lipinski definition) is 2. The number of carboxylic acid groups (broad SMARTS) is 1. The maximum atomic E-state index is 12.2. The molecule has 2 unspecified atom stereocenters. The molecule has 0 aromatic heterocycles. The van der Waals surface area contributed by atoms with Gasteiger partial charge in [-0.25, -0.2) is 0 Å². The van der Waals surface area contributed by atoms with Gasteiger partial charge in [-0.15, -0.1) is 0 Å². The Labute approximate surface area is 124 Å². The minimum absolute atomic E-state index is 0.0938. The molecule has 2 aliphatic rings. The van der Waals surface area contributed by atoms with Gasteiger partial charge in [0.1, 0.15) is 6.04 Å². The molecule has 2 N–H and O–H groups in total. The molecule has 1 aliphatic carbocycles. The number of carboxylic acids is 1. The van der Waals surface area contributed by atoms with E-state index in [4.69, 9.17) is 5.11 Å². The normalized spacial score (nSPS) is 22.9. The Bertz CT molecular complexity index is 420. The fraction of sp³-hybridized carbons (Fsp3) is 0.800. The minimum Gasteiger partial charge on any atom is -0.481 e. The standard InChI is InChI=1S/C15H24N2O4/c1-10(4-7-13(18)19)9-16-14(20)12-3-2-8-17(12)15(21)11-5-6-11/h10-12H,2-9H2,1H3,(H,16,20)(H,18,19). The van der Waals surface area contributed by atoms with E-state index < -0.39 is 5.97 Å². The molecule has 0 radical (unpaired) electrons. The summed E-state index contributed by atoms with van der Waals surface area (Å²) < 4.78 is 0. The van der Waals surface area contributed by atoms with Crippen molar-refractivity contribution >= 4 is 17.8 Å². The van der Waals surface area contributed by atoms with Gasteiger partial charge in [-0.05, 0) is 38.0 Å². The average molecular weight is 296 g/mol. The Hall–Kier alpha value is -1.59. The largest absolute Gasteiger partial charge is 0.481 e. The first-order valence-electron chi connectivity index (χ1n) is 7.79. The molecule has 0 aromatic carbocycles. The number of carbonyl (C=O) groups is 3. The third-order valence-electron chi connectivity index (χ3n) is 4.24. The first-order valence-corrected chi connectivity index (χ1v) is 7.79. The Balaban J connectivity index is 1.76. The van der Waals surface area contributed by atoms with E-state index in [0.29, 0.717) is 19.5 Å². The molecule has 1 aliphatic heterocycles. The Kier molecular flexibility index (Phi) is 5.20. The topological polar surface area (TPSA) is 86.7 Å². The number of rotatable bonds is 7. The van der Waals surface area contributed by atoms with Crippen molar-refractivity contribution in [2.75, 3.05) is 13.1 Å². The average Bonchev–Trinajstić information content (AvgIpc) is 3.18. The summed E-state index contributed by atoms with van der Waals surface area (Å²) in [6.07, 6.45) is 4.18. The van der Waals surface area contributed by atoms with Crippen LogP contribution < -0.4 is 5.32 Å². The molecule has 6 nitrogen and oxygen atoms in total. The fourth-order valence-corrected chi connectivity index (χ4v) is 2.73. The molecule has 2 rings (SSSR count). The predicted octanol–water partition coefficient (Wildman–Crippen LogP) is 1.00. The summed E-state index contributed by atoms with van der Waals surface area (Å²) in [7, 11) is 0. The zero-order chi connectivity index (χ0) is 15.4. The summed E-state index contributed by atoms with van der Waals surface area (Å²) >= 11 is 0. The molecular formula is C15H24N2O4. The van der Waals surface area contributed by atoms with Gasteiger partial charge in [-0.1, -0.05) is 6.92 Å². The van der Waals surface area contributed by atoms with E-state index in [9.17, 15) is 14.4 Å². The first-order chi connectivity index (χ1) is 9.99. The van der Waals surface area contributed by atoms with E-state index >= 15 is 0 Å². The van der Waals surface area contributed by atoms with Gasteiger partial charge < -0.3 is 15.3 Å². The quantitative estimate of drug-likeness (QED) is 0.734. The number of hydrogen-bond acceptors (Lipinski definition) is 3. The molecule has 2 amide bonds. The van der Waals surface area contributed by atoms with Crippen molar-refractivity contribution in [3.8, 4) is 0 Å². The Morgan fingerprint density at radius 3 is 2.62 bits per heavy atom. The van der Waals surface area contributed by atoms with Crippen LogP contribution in [0.5, 0.6) is 0 Å². The molecule has 0 spiro atoms. The highest BCUT2D eigenvalue weighted by atomic mass is 16.4. The zero-order valence-electron chi connectivity index (χ0n) is 12.5. The summed E-state index contributed by atoms with van der Waals surface area (Å²) in [6.45, 7) is 3.07. The van der Waals surface area contributed by atoms with Gasteiger partial charge in [0.05, 0.1) is 0 Å². The molecule has 2 fully saturated rings. The summed E-state index contributed by atoms with van der Waals surface area (Å²) in [5.74, 6) is -0.507. The molecule has 0 aromatic rings. The van der Waals surface area contributed by atoms with E-state index in [1.54, 1.807) is 4.90 Å². The highest BCUT2D eigenvalue weighted by Gasteiger charge is 2.40. The summed E-state index contributed by atoms with van der Waals surface area (Å²) in [5.41, 5.74) is 0. The molecule has 118 valence electrons. The van der Waals surface area contributed by atoms with Crippen LogP contribution in [0, 0.1) is 11.8 Å². The number of likely N-dealkylation sites (tertiary alicyclic amines) is 1. The second-order valence-electron chi connectivity index (χ2n) is 6.25. The lowest BCUT2D eigenvalue weighted by molar-refractivity contribution is -0.139. The third kappa shape index (κ3) is 4.44. The van der Waals surface area contributed by atoms with E-state index in [1.807, 2.05) is 6.92 Å². The van der Waals surface area contributed by atoms with Crippen LogP contribution in [0.15, 0.2) is 0 Å². The monoisotopic (exact) mass is 296 g/mol. The van der Waals surface area contributed by atoms with Crippen molar-refractivity contribution < 1.29 is 19.5 Å². The van der Waals surface area contributed by atoms with Gasteiger partial charge in [-0.2, -0.15) is 0 Å². The predicted molar refractivity (Wildman–Crippen MR) is 76.5 cm³/mol. The van der Waals surface area contributed by atoms with Crippen LogP contribution in [0.3, 0.4) is 0 Å². The van der Waals surface area contributed by atoms with Crippen molar-refractivity contribution in [3.63, 3.8) is 0 Å². The summed E-state index contributed by atoms with van der Waals surface area (Å²) in [4.78, 5) is 36.6. The van der Waals surface area contributed by atoms with Crippen LogP contribution in [0.4, 0.5) is 0 Å². The number of nitrogens with one attached hydrogen (secondary N) is 1. The molecule has 6 heteroatoms. The van der Waals surface area contributed by atoms with E-state index in [2.05, 4.69) is 5.32 Å². The van der Waals surface area contributed by atoms with Crippen molar-refractivity contribution in [2.45, 2.75) is 51.5 Å². The van der Waals surface area contributed by atoms with Crippen LogP contribution in [-0.2, 0) is 14.4 Å². The van der Waals surface area contributed by atoms with E-state index in [1.165, 1.54) is 0 Å². The van der Waals surface area contributed by atoms with Crippen LogP contribution in [0.2, 0.25) is 0 Å². The number of carbonyl (C=O) groups excluding carboxylic acids is 2. The van der Waals surface area contributed by atoms with Gasteiger partial charge >= 0.3 is 5.97 Å². The van der Waals surface area contributed by atoms with Crippen molar-refractivity contribution in [2.24, 2.45) is 11.8 Å². The SMILES string of the molecule is CC(CCC(=O)O)CNC(=O)C1CCCN1C(=O)C1CC1. The van der Waals surface area contributed by atoms with Gasteiger partial charge in [0.15, 0.2) is 0 Å². The molecule has 0 bridgehead atoms. The van der Waals surface area contributed by atoms with Crippen LogP contribution in [0.1, 0.15) is 45.4 Å². The lowest BCUT2D eigenvalue weighted by atomic mass is 10.1.